The summed E-state index contributed by atoms with van der Waals surface area (Å²) in [6.07, 6.45) is 23.0. The Morgan fingerprint density at radius 3 is 2.05 bits per heavy atom. The second-order valence-corrected chi connectivity index (χ2v) is 9.35. The van der Waals surface area contributed by atoms with Crippen molar-refractivity contribution in [3.8, 4) is 0 Å². The summed E-state index contributed by atoms with van der Waals surface area (Å²) >= 11 is 2.43. The van der Waals surface area contributed by atoms with Crippen molar-refractivity contribution < 1.29 is 0 Å². The van der Waals surface area contributed by atoms with Gasteiger partial charge in [0.2, 0.25) is 0 Å². The summed E-state index contributed by atoms with van der Waals surface area (Å²) in [6, 6.07) is 0. The lowest BCUT2D eigenvalue weighted by Gasteiger charge is -2.39. The Labute approximate surface area is 136 Å². The fraction of sp³-hybridized carbons (Fsp3) is 0.900. The van der Waals surface area contributed by atoms with Crippen LogP contribution < -0.4 is 0 Å². The summed E-state index contributed by atoms with van der Waals surface area (Å²) in [5.74, 6) is 2.73. The van der Waals surface area contributed by atoms with Gasteiger partial charge in [-0.15, -0.1) is 0 Å². The Morgan fingerprint density at radius 2 is 1.43 bits per heavy atom. The molecule has 0 aromatic rings. The third kappa shape index (κ3) is 4.53. The van der Waals surface area contributed by atoms with E-state index >= 15 is 0 Å². The Balaban J connectivity index is 1.65. The Kier molecular flexibility index (Phi) is 6.15. The van der Waals surface area contributed by atoms with E-state index in [9.17, 15) is 0 Å². The van der Waals surface area contributed by atoms with Gasteiger partial charge in [-0.25, -0.2) is 0 Å². The highest BCUT2D eigenvalue weighted by molar-refractivity contribution is 8.00. The molecule has 2 saturated carbocycles. The van der Waals surface area contributed by atoms with Crippen molar-refractivity contribution in [3.63, 3.8) is 0 Å². The molecular formula is C20H34S. The third-order valence-electron chi connectivity index (χ3n) is 6.08. The van der Waals surface area contributed by atoms with E-state index in [4.69, 9.17) is 0 Å². The van der Waals surface area contributed by atoms with Crippen LogP contribution >= 0.6 is 11.8 Å². The molecule has 0 heterocycles. The molecule has 0 nitrogen and oxygen atoms in total. The van der Waals surface area contributed by atoms with E-state index in [0.717, 1.165) is 28.3 Å². The van der Waals surface area contributed by atoms with Gasteiger partial charge in [-0.05, 0) is 56.3 Å². The zero-order valence-corrected chi connectivity index (χ0v) is 14.8. The summed E-state index contributed by atoms with van der Waals surface area (Å²) in [7, 11) is 0. The quantitative estimate of drug-likeness (QED) is 0.527. The van der Waals surface area contributed by atoms with Gasteiger partial charge in [-0.2, -0.15) is 11.8 Å². The molecule has 0 radical (unpaired) electrons. The number of allylic oxidation sites excluding steroid dienone is 2. The van der Waals surface area contributed by atoms with Crippen LogP contribution in [0.2, 0.25) is 0 Å². The van der Waals surface area contributed by atoms with Crippen LogP contribution in [0.15, 0.2) is 12.2 Å². The molecule has 0 N–H and O–H groups in total. The van der Waals surface area contributed by atoms with E-state index in [1.165, 1.54) is 77.0 Å². The second-order valence-electron chi connectivity index (χ2n) is 7.86. The van der Waals surface area contributed by atoms with Gasteiger partial charge in [0.05, 0.1) is 0 Å². The zero-order valence-electron chi connectivity index (χ0n) is 13.9. The van der Waals surface area contributed by atoms with Crippen LogP contribution in [0.3, 0.4) is 0 Å². The summed E-state index contributed by atoms with van der Waals surface area (Å²) in [4.78, 5) is 0. The lowest BCUT2D eigenvalue weighted by Crippen LogP contribution is -2.31. The van der Waals surface area contributed by atoms with Gasteiger partial charge in [0, 0.05) is 10.5 Å². The van der Waals surface area contributed by atoms with Gasteiger partial charge in [-0.1, -0.05) is 57.6 Å². The monoisotopic (exact) mass is 306 g/mol. The minimum atomic E-state index is 0.827. The van der Waals surface area contributed by atoms with Crippen molar-refractivity contribution in [1.82, 2.24) is 0 Å². The first-order chi connectivity index (χ1) is 10.3. The maximum Gasteiger partial charge on any atom is 0.0141 e. The average Bonchev–Trinajstić information content (AvgIpc) is 2.55. The van der Waals surface area contributed by atoms with Gasteiger partial charge in [0.25, 0.3) is 0 Å². The topological polar surface area (TPSA) is 0 Å². The van der Waals surface area contributed by atoms with Crippen LogP contribution in [0, 0.1) is 17.8 Å². The van der Waals surface area contributed by atoms with Crippen LogP contribution in [0.4, 0.5) is 0 Å². The SMILES string of the molecule is CC1C=CC(C(SC2CCCCC2)C2CCCCC2)CC1. The molecule has 120 valence electrons. The highest BCUT2D eigenvalue weighted by Gasteiger charge is 2.33. The van der Waals surface area contributed by atoms with E-state index in [1.54, 1.807) is 0 Å². The van der Waals surface area contributed by atoms with Crippen LogP contribution in [0.5, 0.6) is 0 Å². The number of rotatable bonds is 4. The Hall–Kier alpha value is 0.0900. The predicted octanol–water partition coefficient (Wildman–Crippen LogP) is 6.60. The number of hydrogen-bond donors (Lipinski definition) is 0. The zero-order chi connectivity index (χ0) is 14.5. The minimum absolute atomic E-state index is 0.827. The molecule has 2 fully saturated rings. The lowest BCUT2D eigenvalue weighted by atomic mass is 9.78. The standard InChI is InChI=1S/C20H34S/c1-16-12-14-18(15-13-16)20(17-8-4-2-5-9-17)21-19-10-6-3-7-11-19/h12,14,16-20H,2-11,13,15H2,1H3. The third-order valence-corrected chi connectivity index (χ3v) is 7.99. The molecule has 3 rings (SSSR count). The first kappa shape index (κ1) is 16.0. The molecule has 0 spiro atoms. The lowest BCUT2D eigenvalue weighted by molar-refractivity contribution is 0.301. The normalized spacial score (nSPS) is 34.0. The molecular weight excluding hydrogens is 272 g/mol. The first-order valence-corrected chi connectivity index (χ1v) is 10.6. The van der Waals surface area contributed by atoms with E-state index < -0.39 is 0 Å². The largest absolute Gasteiger partial charge is 0.154 e. The van der Waals surface area contributed by atoms with Gasteiger partial charge in [0.15, 0.2) is 0 Å². The minimum Gasteiger partial charge on any atom is -0.154 e. The summed E-state index contributed by atoms with van der Waals surface area (Å²) < 4.78 is 0. The van der Waals surface area contributed by atoms with Crippen LogP contribution in [-0.2, 0) is 0 Å². The van der Waals surface area contributed by atoms with E-state index in [0.29, 0.717) is 0 Å². The molecule has 1 heteroatoms. The van der Waals surface area contributed by atoms with Crippen LogP contribution in [0.25, 0.3) is 0 Å². The summed E-state index contributed by atoms with van der Waals surface area (Å²) in [6.45, 7) is 2.39. The molecule has 3 aliphatic carbocycles. The molecule has 0 aliphatic heterocycles. The first-order valence-electron chi connectivity index (χ1n) is 9.66. The Bertz CT molecular complexity index is 323. The van der Waals surface area contributed by atoms with Gasteiger partial charge >= 0.3 is 0 Å². The van der Waals surface area contributed by atoms with Crippen LogP contribution in [-0.4, -0.2) is 10.5 Å². The average molecular weight is 307 g/mol. The second kappa shape index (κ2) is 8.09. The fourth-order valence-electron chi connectivity index (χ4n) is 4.70. The smallest absolute Gasteiger partial charge is 0.0141 e. The molecule has 3 aliphatic rings. The molecule has 21 heavy (non-hydrogen) atoms. The van der Waals surface area contributed by atoms with Crippen molar-refractivity contribution in [2.75, 3.05) is 0 Å². The van der Waals surface area contributed by atoms with Gasteiger partial charge in [0.1, 0.15) is 0 Å². The van der Waals surface area contributed by atoms with E-state index in [-0.39, 0.29) is 0 Å². The van der Waals surface area contributed by atoms with Crippen LogP contribution in [0.1, 0.15) is 84.0 Å². The predicted molar refractivity (Wildman–Crippen MR) is 95.9 cm³/mol. The van der Waals surface area contributed by atoms with Crippen molar-refractivity contribution >= 4 is 11.8 Å². The highest BCUT2D eigenvalue weighted by atomic mass is 32.2. The maximum atomic E-state index is 2.61. The van der Waals surface area contributed by atoms with Crippen molar-refractivity contribution in [1.29, 1.82) is 0 Å². The maximum absolute atomic E-state index is 2.61. The van der Waals surface area contributed by atoms with Crippen molar-refractivity contribution in [3.05, 3.63) is 12.2 Å². The molecule has 3 atom stereocenters. The fourth-order valence-corrected chi connectivity index (χ4v) is 6.67. The van der Waals surface area contributed by atoms with E-state index in [2.05, 4.69) is 30.8 Å². The van der Waals surface area contributed by atoms with Crippen molar-refractivity contribution in [2.45, 2.75) is 94.5 Å². The molecule has 3 unspecified atom stereocenters. The van der Waals surface area contributed by atoms with Gasteiger partial charge in [-0.3, -0.25) is 0 Å². The molecule has 0 bridgehead atoms. The van der Waals surface area contributed by atoms with E-state index in [1.807, 2.05) is 0 Å². The molecule has 0 aromatic carbocycles. The molecule has 0 aromatic heterocycles. The highest BCUT2D eigenvalue weighted by Crippen LogP contribution is 2.44. The summed E-state index contributed by atoms with van der Waals surface area (Å²) in [5, 5.41) is 1.93. The molecule has 0 amide bonds. The summed E-state index contributed by atoms with van der Waals surface area (Å²) in [5.41, 5.74) is 0. The molecule has 0 saturated heterocycles. The Morgan fingerprint density at radius 1 is 0.762 bits per heavy atom. The number of thioether (sulfide) groups is 1. The number of hydrogen-bond acceptors (Lipinski definition) is 1. The van der Waals surface area contributed by atoms with Gasteiger partial charge < -0.3 is 0 Å². The van der Waals surface area contributed by atoms with Crippen molar-refractivity contribution in [2.24, 2.45) is 17.8 Å².